The predicted octanol–water partition coefficient (Wildman–Crippen LogP) is 5.56. The van der Waals surface area contributed by atoms with E-state index in [2.05, 4.69) is 0 Å². The van der Waals surface area contributed by atoms with Gasteiger partial charge in [0.25, 0.3) is 0 Å². The van der Waals surface area contributed by atoms with Gasteiger partial charge in [-0.3, -0.25) is 9.59 Å². The van der Waals surface area contributed by atoms with Crippen LogP contribution in [-0.2, 0) is 0 Å². The molecule has 0 saturated carbocycles. The number of benzene rings is 3. The maximum Gasteiger partial charge on any atom is 0.166 e. The van der Waals surface area contributed by atoms with Gasteiger partial charge < -0.3 is 0 Å². The number of carbonyl (C=O) groups is 2. The third kappa shape index (κ3) is 4.15. The molecule has 0 radical (unpaired) electrons. The molecule has 0 spiro atoms. The summed E-state index contributed by atoms with van der Waals surface area (Å²) < 4.78 is 0. The van der Waals surface area contributed by atoms with E-state index in [9.17, 15) is 9.59 Å². The molecule has 3 aromatic rings. The largest absolute Gasteiger partial charge is 0.294 e. The van der Waals surface area contributed by atoms with E-state index in [1.54, 1.807) is 0 Å². The topological polar surface area (TPSA) is 34.1 Å². The maximum absolute atomic E-state index is 13.0. The van der Waals surface area contributed by atoms with Crippen molar-refractivity contribution >= 4 is 11.6 Å². The predicted molar refractivity (Wildman–Crippen MR) is 105 cm³/mol. The molecule has 2 nitrogen and oxygen atoms in total. The van der Waals surface area contributed by atoms with Crippen molar-refractivity contribution in [2.45, 2.75) is 19.3 Å². The molecule has 2 atom stereocenters. The van der Waals surface area contributed by atoms with Gasteiger partial charge in [0.2, 0.25) is 0 Å². The lowest BCUT2D eigenvalue weighted by atomic mass is 9.79. The molecule has 130 valence electrons. The molecule has 0 heterocycles. The van der Waals surface area contributed by atoms with Crippen molar-refractivity contribution in [3.8, 4) is 0 Å². The fraction of sp³-hybridized carbons (Fsp3) is 0.167. The van der Waals surface area contributed by atoms with E-state index in [4.69, 9.17) is 0 Å². The maximum atomic E-state index is 13.0. The minimum absolute atomic E-state index is 0.0622. The van der Waals surface area contributed by atoms with E-state index >= 15 is 0 Å². The Morgan fingerprint density at radius 2 is 1.15 bits per heavy atom. The highest BCUT2D eigenvalue weighted by molar-refractivity contribution is 6.00. The lowest BCUT2D eigenvalue weighted by Crippen LogP contribution is -2.22. The zero-order valence-electron chi connectivity index (χ0n) is 14.8. The lowest BCUT2D eigenvalue weighted by Gasteiger charge is -2.23. The zero-order valence-corrected chi connectivity index (χ0v) is 14.8. The Morgan fingerprint density at radius 3 is 1.69 bits per heavy atom. The summed E-state index contributed by atoms with van der Waals surface area (Å²) in [5.74, 6) is -0.309. The molecule has 0 aliphatic rings. The Labute approximate surface area is 154 Å². The Hall–Kier alpha value is -3.00. The molecule has 0 aliphatic carbocycles. The number of Topliss-reactive ketones (excluding diaryl/α,β-unsaturated/α-hetero) is 2. The average Bonchev–Trinajstić information content (AvgIpc) is 2.72. The van der Waals surface area contributed by atoms with Crippen LogP contribution in [0.1, 0.15) is 45.5 Å². The molecular formula is C24H22O2. The summed E-state index contributed by atoms with van der Waals surface area (Å²) >= 11 is 0. The Morgan fingerprint density at radius 1 is 0.692 bits per heavy atom. The quantitative estimate of drug-likeness (QED) is 0.527. The number of rotatable bonds is 7. The van der Waals surface area contributed by atoms with Crippen molar-refractivity contribution in [2.24, 2.45) is 5.92 Å². The molecule has 3 rings (SSSR count). The van der Waals surface area contributed by atoms with Crippen molar-refractivity contribution in [1.29, 1.82) is 0 Å². The van der Waals surface area contributed by atoms with Gasteiger partial charge in [0.15, 0.2) is 11.6 Å². The monoisotopic (exact) mass is 342 g/mol. The fourth-order valence-corrected chi connectivity index (χ4v) is 3.27. The first kappa shape index (κ1) is 17.8. The third-order valence-corrected chi connectivity index (χ3v) is 4.80. The Kier molecular flexibility index (Phi) is 5.75. The van der Waals surface area contributed by atoms with Crippen LogP contribution in [0.4, 0.5) is 0 Å². The summed E-state index contributed by atoms with van der Waals surface area (Å²) in [6.07, 6.45) is 0.313. The second-order valence-electron chi connectivity index (χ2n) is 6.53. The molecular weight excluding hydrogens is 320 g/mol. The average molecular weight is 342 g/mol. The fourth-order valence-electron chi connectivity index (χ4n) is 3.27. The number of carbonyl (C=O) groups excluding carboxylic acids is 2. The third-order valence-electron chi connectivity index (χ3n) is 4.80. The summed E-state index contributed by atoms with van der Waals surface area (Å²) in [7, 11) is 0. The van der Waals surface area contributed by atoms with E-state index in [1.165, 1.54) is 0 Å². The van der Waals surface area contributed by atoms with E-state index in [0.717, 1.165) is 5.56 Å². The minimum Gasteiger partial charge on any atom is -0.294 e. The van der Waals surface area contributed by atoms with Crippen LogP contribution >= 0.6 is 0 Å². The molecule has 3 aromatic carbocycles. The van der Waals surface area contributed by atoms with Crippen LogP contribution in [0.2, 0.25) is 0 Å². The van der Waals surface area contributed by atoms with Gasteiger partial charge in [-0.15, -0.1) is 0 Å². The van der Waals surface area contributed by atoms with Crippen LogP contribution in [0.3, 0.4) is 0 Å². The van der Waals surface area contributed by atoms with Crippen molar-refractivity contribution in [1.82, 2.24) is 0 Å². The number of ketones is 2. The first-order valence-corrected chi connectivity index (χ1v) is 8.89. The van der Waals surface area contributed by atoms with Gasteiger partial charge in [-0.25, -0.2) is 0 Å². The smallest absolute Gasteiger partial charge is 0.166 e. The van der Waals surface area contributed by atoms with Gasteiger partial charge in [-0.2, -0.15) is 0 Å². The van der Waals surface area contributed by atoms with Gasteiger partial charge >= 0.3 is 0 Å². The highest BCUT2D eigenvalue weighted by Gasteiger charge is 2.28. The van der Waals surface area contributed by atoms with Crippen LogP contribution in [0.25, 0.3) is 0 Å². The van der Waals surface area contributed by atoms with E-state index < -0.39 is 0 Å². The van der Waals surface area contributed by atoms with Gasteiger partial charge in [0.05, 0.1) is 0 Å². The van der Waals surface area contributed by atoms with Gasteiger partial charge in [0.1, 0.15) is 0 Å². The molecule has 0 aromatic heterocycles. The van der Waals surface area contributed by atoms with Crippen molar-refractivity contribution < 1.29 is 9.59 Å². The second-order valence-corrected chi connectivity index (χ2v) is 6.53. The Bertz CT molecular complexity index is 854. The molecule has 0 aliphatic heterocycles. The van der Waals surface area contributed by atoms with Crippen LogP contribution in [0.15, 0.2) is 91.0 Å². The van der Waals surface area contributed by atoms with Crippen LogP contribution in [0, 0.1) is 5.92 Å². The Balaban J connectivity index is 1.89. The molecule has 0 fully saturated rings. The first-order chi connectivity index (χ1) is 12.7. The van der Waals surface area contributed by atoms with Crippen molar-refractivity contribution in [2.75, 3.05) is 0 Å². The second kappa shape index (κ2) is 8.39. The normalized spacial score (nSPS) is 13.0. The highest BCUT2D eigenvalue weighted by atomic mass is 16.1. The molecule has 26 heavy (non-hydrogen) atoms. The summed E-state index contributed by atoms with van der Waals surface area (Å²) in [4.78, 5) is 25.7. The molecule has 0 amide bonds. The summed E-state index contributed by atoms with van der Waals surface area (Å²) in [5.41, 5.74) is 2.40. The molecule has 0 N–H and O–H groups in total. The molecule has 0 unspecified atom stereocenters. The van der Waals surface area contributed by atoms with Gasteiger partial charge in [0, 0.05) is 29.4 Å². The number of hydrogen-bond donors (Lipinski definition) is 0. The molecule has 0 bridgehead atoms. The minimum atomic E-state index is -0.285. The lowest BCUT2D eigenvalue weighted by molar-refractivity contribution is 0.0888. The van der Waals surface area contributed by atoms with Crippen LogP contribution in [0.5, 0.6) is 0 Å². The molecule has 0 saturated heterocycles. The van der Waals surface area contributed by atoms with Crippen molar-refractivity contribution in [3.63, 3.8) is 0 Å². The highest BCUT2D eigenvalue weighted by Crippen LogP contribution is 2.32. The summed E-state index contributed by atoms with van der Waals surface area (Å²) in [5, 5.41) is 0. The van der Waals surface area contributed by atoms with Crippen LogP contribution < -0.4 is 0 Å². The first-order valence-electron chi connectivity index (χ1n) is 8.89. The van der Waals surface area contributed by atoms with Gasteiger partial charge in [-0.1, -0.05) is 97.9 Å². The van der Waals surface area contributed by atoms with E-state index in [1.807, 2.05) is 97.9 Å². The van der Waals surface area contributed by atoms with Gasteiger partial charge in [-0.05, 0) is 5.56 Å². The summed E-state index contributed by atoms with van der Waals surface area (Å²) in [6.45, 7) is 1.92. The van der Waals surface area contributed by atoms with E-state index in [-0.39, 0.29) is 23.4 Å². The standard InChI is InChI=1S/C24H22O2/c1-18(24(26)21-15-9-4-10-16-21)22(19-11-5-2-6-12-19)17-23(25)20-13-7-3-8-14-20/h2-16,18,22H,17H2,1H3/t18-,22+/m0/s1. The zero-order chi connectivity index (χ0) is 18.4. The SMILES string of the molecule is C[C@H](C(=O)c1ccccc1)[C@@H](CC(=O)c1ccccc1)c1ccccc1. The van der Waals surface area contributed by atoms with Crippen LogP contribution in [-0.4, -0.2) is 11.6 Å². The molecule has 2 heteroatoms. The van der Waals surface area contributed by atoms with E-state index in [0.29, 0.717) is 17.5 Å². The summed E-state index contributed by atoms with van der Waals surface area (Å²) in [6, 6.07) is 28.4. The van der Waals surface area contributed by atoms with Crippen molar-refractivity contribution in [3.05, 3.63) is 108 Å². The number of hydrogen-bond acceptors (Lipinski definition) is 2.